The number of primary amides is 1. The summed E-state index contributed by atoms with van der Waals surface area (Å²) in [5, 5.41) is 2.90. The summed E-state index contributed by atoms with van der Waals surface area (Å²) < 4.78 is 5.59. The Labute approximate surface area is 137 Å². The van der Waals surface area contributed by atoms with Crippen LogP contribution in [0.5, 0.6) is 5.75 Å². The third kappa shape index (κ3) is 4.37. The first-order valence-electron chi connectivity index (χ1n) is 8.09. The maximum Gasteiger partial charge on any atom is 0.315 e. The van der Waals surface area contributed by atoms with Crippen LogP contribution in [-0.4, -0.2) is 36.0 Å². The summed E-state index contributed by atoms with van der Waals surface area (Å²) in [6.45, 7) is 5.73. The molecule has 3 N–H and O–H groups in total. The third-order valence-electron chi connectivity index (χ3n) is 4.08. The predicted octanol–water partition coefficient (Wildman–Crippen LogP) is 1.94. The Bertz CT molecular complexity index is 574. The van der Waals surface area contributed by atoms with Gasteiger partial charge >= 0.3 is 6.03 Å². The molecule has 6 heteroatoms. The van der Waals surface area contributed by atoms with Crippen LogP contribution in [0.25, 0.3) is 0 Å². The minimum absolute atomic E-state index is 0.146. The molecule has 23 heavy (non-hydrogen) atoms. The highest BCUT2D eigenvalue weighted by Gasteiger charge is 2.32. The molecule has 1 aromatic rings. The standard InChI is InChI=1S/C17H25N3O3/c1-3-9-23-14-7-6-13(12(2)10-14)11-19-16(21)15-5-4-8-20(15)17(18)22/h6-7,10,15H,3-5,8-9,11H2,1-2H3,(H2,18,22)(H,19,21)/t15-/m0/s1. The van der Waals surface area contributed by atoms with Crippen molar-refractivity contribution in [2.24, 2.45) is 5.73 Å². The summed E-state index contributed by atoms with van der Waals surface area (Å²) in [5.74, 6) is 0.696. The van der Waals surface area contributed by atoms with E-state index in [1.54, 1.807) is 0 Å². The van der Waals surface area contributed by atoms with E-state index in [2.05, 4.69) is 12.2 Å². The maximum atomic E-state index is 12.3. The number of carbonyl (C=O) groups excluding carboxylic acids is 2. The summed E-state index contributed by atoms with van der Waals surface area (Å²) in [6, 6.07) is 4.87. The molecule has 0 aromatic heterocycles. The Morgan fingerprint density at radius 3 is 2.87 bits per heavy atom. The number of nitrogens with one attached hydrogen (secondary N) is 1. The highest BCUT2D eigenvalue weighted by Crippen LogP contribution is 2.19. The van der Waals surface area contributed by atoms with Gasteiger partial charge < -0.3 is 20.7 Å². The second-order valence-corrected chi connectivity index (χ2v) is 5.84. The number of nitrogens with two attached hydrogens (primary N) is 1. The van der Waals surface area contributed by atoms with Crippen molar-refractivity contribution in [1.82, 2.24) is 10.2 Å². The van der Waals surface area contributed by atoms with Crippen LogP contribution in [0.15, 0.2) is 18.2 Å². The molecule has 126 valence electrons. The van der Waals surface area contributed by atoms with Crippen molar-refractivity contribution in [3.8, 4) is 5.75 Å². The smallest absolute Gasteiger partial charge is 0.315 e. The van der Waals surface area contributed by atoms with E-state index in [1.807, 2.05) is 25.1 Å². The highest BCUT2D eigenvalue weighted by atomic mass is 16.5. The molecule has 1 saturated heterocycles. The van der Waals surface area contributed by atoms with Gasteiger partial charge in [-0.25, -0.2) is 4.79 Å². The van der Waals surface area contributed by atoms with Crippen LogP contribution in [0.2, 0.25) is 0 Å². The number of likely N-dealkylation sites (tertiary alicyclic amines) is 1. The largest absolute Gasteiger partial charge is 0.494 e. The van der Waals surface area contributed by atoms with E-state index in [1.165, 1.54) is 4.90 Å². The van der Waals surface area contributed by atoms with Crippen LogP contribution < -0.4 is 15.8 Å². The van der Waals surface area contributed by atoms with E-state index in [0.717, 1.165) is 29.7 Å². The summed E-state index contributed by atoms with van der Waals surface area (Å²) in [6.07, 6.45) is 2.44. The quantitative estimate of drug-likeness (QED) is 0.840. The van der Waals surface area contributed by atoms with Crippen molar-refractivity contribution in [2.75, 3.05) is 13.2 Å². The molecular weight excluding hydrogens is 294 g/mol. The molecule has 1 aromatic carbocycles. The molecule has 6 nitrogen and oxygen atoms in total. The van der Waals surface area contributed by atoms with Gasteiger partial charge in [0, 0.05) is 13.1 Å². The van der Waals surface area contributed by atoms with Crippen LogP contribution in [0.3, 0.4) is 0 Å². The zero-order valence-electron chi connectivity index (χ0n) is 13.8. The molecule has 0 unspecified atom stereocenters. The molecule has 0 aliphatic carbocycles. The summed E-state index contributed by atoms with van der Waals surface area (Å²) in [5.41, 5.74) is 7.41. The molecular formula is C17H25N3O3. The van der Waals surface area contributed by atoms with Crippen LogP contribution in [0.1, 0.15) is 37.3 Å². The van der Waals surface area contributed by atoms with Crippen molar-refractivity contribution >= 4 is 11.9 Å². The minimum Gasteiger partial charge on any atom is -0.494 e. The summed E-state index contributed by atoms with van der Waals surface area (Å²) in [7, 11) is 0. The number of rotatable bonds is 6. The lowest BCUT2D eigenvalue weighted by Gasteiger charge is -2.22. The predicted molar refractivity (Wildman–Crippen MR) is 88.1 cm³/mol. The maximum absolute atomic E-state index is 12.3. The zero-order chi connectivity index (χ0) is 16.8. The Hall–Kier alpha value is -2.24. The molecule has 2 rings (SSSR count). The SMILES string of the molecule is CCCOc1ccc(CNC(=O)[C@@H]2CCCN2C(N)=O)c(C)c1. The number of hydrogen-bond acceptors (Lipinski definition) is 3. The van der Waals surface area contributed by atoms with E-state index in [0.29, 0.717) is 26.1 Å². The number of carbonyl (C=O) groups is 2. The third-order valence-corrected chi connectivity index (χ3v) is 4.08. The van der Waals surface area contributed by atoms with E-state index in [9.17, 15) is 9.59 Å². The number of urea groups is 1. The van der Waals surface area contributed by atoms with Gasteiger partial charge in [-0.05, 0) is 49.4 Å². The van der Waals surface area contributed by atoms with Crippen LogP contribution >= 0.6 is 0 Å². The highest BCUT2D eigenvalue weighted by molar-refractivity contribution is 5.87. The molecule has 1 aliphatic rings. The zero-order valence-corrected chi connectivity index (χ0v) is 13.8. The Morgan fingerprint density at radius 2 is 2.22 bits per heavy atom. The van der Waals surface area contributed by atoms with Gasteiger partial charge in [0.05, 0.1) is 6.61 Å². The van der Waals surface area contributed by atoms with Gasteiger partial charge in [-0.3, -0.25) is 4.79 Å². The Morgan fingerprint density at radius 1 is 1.43 bits per heavy atom. The van der Waals surface area contributed by atoms with Gasteiger partial charge in [0.2, 0.25) is 5.91 Å². The van der Waals surface area contributed by atoms with E-state index < -0.39 is 12.1 Å². The second kappa shape index (κ2) is 7.85. The molecule has 0 bridgehead atoms. The van der Waals surface area contributed by atoms with E-state index >= 15 is 0 Å². The number of hydrogen-bond donors (Lipinski definition) is 2. The number of benzene rings is 1. The minimum atomic E-state index is -0.531. The first kappa shape index (κ1) is 17.1. The van der Waals surface area contributed by atoms with Crippen molar-refractivity contribution in [3.63, 3.8) is 0 Å². The topological polar surface area (TPSA) is 84.7 Å². The lowest BCUT2D eigenvalue weighted by atomic mass is 10.1. The lowest BCUT2D eigenvalue weighted by molar-refractivity contribution is -0.124. The first-order chi connectivity index (χ1) is 11.0. The summed E-state index contributed by atoms with van der Waals surface area (Å²) in [4.78, 5) is 25.0. The lowest BCUT2D eigenvalue weighted by Crippen LogP contribution is -2.47. The van der Waals surface area contributed by atoms with E-state index in [4.69, 9.17) is 10.5 Å². The average molecular weight is 319 g/mol. The normalized spacial score (nSPS) is 17.1. The van der Waals surface area contributed by atoms with Gasteiger partial charge in [-0.2, -0.15) is 0 Å². The van der Waals surface area contributed by atoms with Crippen LogP contribution in [0, 0.1) is 6.92 Å². The molecule has 0 saturated carbocycles. The first-order valence-corrected chi connectivity index (χ1v) is 8.09. The Balaban J connectivity index is 1.92. The number of nitrogens with zero attached hydrogens (tertiary/aromatic N) is 1. The average Bonchev–Trinajstić information content (AvgIpc) is 3.01. The fraction of sp³-hybridized carbons (Fsp3) is 0.529. The monoisotopic (exact) mass is 319 g/mol. The van der Waals surface area contributed by atoms with Crippen molar-refractivity contribution < 1.29 is 14.3 Å². The van der Waals surface area contributed by atoms with Crippen molar-refractivity contribution in [2.45, 2.75) is 45.7 Å². The molecule has 0 spiro atoms. The molecule has 1 atom stereocenters. The second-order valence-electron chi connectivity index (χ2n) is 5.84. The van der Waals surface area contributed by atoms with Gasteiger partial charge in [0.1, 0.15) is 11.8 Å². The summed E-state index contributed by atoms with van der Waals surface area (Å²) >= 11 is 0. The van der Waals surface area contributed by atoms with Crippen LogP contribution in [-0.2, 0) is 11.3 Å². The van der Waals surface area contributed by atoms with Gasteiger partial charge in [-0.1, -0.05) is 13.0 Å². The molecule has 1 heterocycles. The number of aryl methyl sites for hydroxylation is 1. The Kier molecular flexibility index (Phi) is 5.84. The number of ether oxygens (including phenoxy) is 1. The van der Waals surface area contributed by atoms with Crippen molar-refractivity contribution in [1.29, 1.82) is 0 Å². The molecule has 1 aliphatic heterocycles. The molecule has 1 fully saturated rings. The fourth-order valence-electron chi connectivity index (χ4n) is 2.78. The van der Waals surface area contributed by atoms with Gasteiger partial charge in [0.15, 0.2) is 0 Å². The fourth-order valence-corrected chi connectivity index (χ4v) is 2.78. The van der Waals surface area contributed by atoms with E-state index in [-0.39, 0.29) is 5.91 Å². The number of amides is 3. The van der Waals surface area contributed by atoms with Crippen LogP contribution in [0.4, 0.5) is 4.79 Å². The van der Waals surface area contributed by atoms with Gasteiger partial charge in [-0.15, -0.1) is 0 Å². The van der Waals surface area contributed by atoms with Crippen molar-refractivity contribution in [3.05, 3.63) is 29.3 Å². The molecule has 3 amide bonds. The van der Waals surface area contributed by atoms with Gasteiger partial charge in [0.25, 0.3) is 0 Å². The molecule has 0 radical (unpaired) electrons.